The highest BCUT2D eigenvalue weighted by atomic mass is 19.4. The quantitative estimate of drug-likeness (QED) is 0.666. The summed E-state index contributed by atoms with van der Waals surface area (Å²) in [6, 6.07) is 6.65. The second-order valence-electron chi connectivity index (χ2n) is 5.97. The van der Waals surface area contributed by atoms with E-state index >= 15 is 0 Å². The van der Waals surface area contributed by atoms with E-state index in [1.54, 1.807) is 13.0 Å². The van der Waals surface area contributed by atoms with Crippen molar-refractivity contribution < 1.29 is 22.7 Å². The van der Waals surface area contributed by atoms with E-state index in [0.29, 0.717) is 6.42 Å². The van der Waals surface area contributed by atoms with Crippen molar-refractivity contribution in [3.8, 4) is 0 Å². The first kappa shape index (κ1) is 20.5. The van der Waals surface area contributed by atoms with Gasteiger partial charge in [0.05, 0.1) is 0 Å². The summed E-state index contributed by atoms with van der Waals surface area (Å²) >= 11 is 0. The summed E-state index contributed by atoms with van der Waals surface area (Å²) in [7, 11) is 0.909. The number of hydrogen-bond donors (Lipinski definition) is 1. The third-order valence-corrected chi connectivity index (χ3v) is 4.07. The highest BCUT2D eigenvalue weighted by Gasteiger charge is 2.62. The van der Waals surface area contributed by atoms with E-state index in [1.807, 2.05) is 0 Å². The summed E-state index contributed by atoms with van der Waals surface area (Å²) in [6.07, 6.45) is -0.200. The van der Waals surface area contributed by atoms with Gasteiger partial charge in [0.2, 0.25) is 0 Å². The molecule has 0 bridgehead atoms. The molecular formula is C18H26F3NO2. The lowest BCUT2D eigenvalue weighted by molar-refractivity contribution is -0.266. The van der Waals surface area contributed by atoms with Crippen LogP contribution in [0.3, 0.4) is 0 Å². The van der Waals surface area contributed by atoms with Crippen LogP contribution in [0.15, 0.2) is 30.3 Å². The Morgan fingerprint density at radius 2 is 1.79 bits per heavy atom. The number of carbonyl (C=O) groups excluding carboxylic acids is 1. The Morgan fingerprint density at radius 1 is 1.17 bits per heavy atom. The van der Waals surface area contributed by atoms with Crippen molar-refractivity contribution in [2.24, 2.45) is 0 Å². The van der Waals surface area contributed by atoms with Crippen LogP contribution in [0.2, 0.25) is 0 Å². The topological polar surface area (TPSA) is 38.3 Å². The van der Waals surface area contributed by atoms with Crippen molar-refractivity contribution in [1.29, 1.82) is 0 Å². The number of benzene rings is 1. The van der Waals surface area contributed by atoms with Crippen LogP contribution >= 0.6 is 0 Å². The van der Waals surface area contributed by atoms with Crippen LogP contribution in [0.1, 0.15) is 51.5 Å². The summed E-state index contributed by atoms with van der Waals surface area (Å²) in [6.45, 7) is 3.80. The van der Waals surface area contributed by atoms with Gasteiger partial charge in [-0.2, -0.15) is 13.2 Å². The van der Waals surface area contributed by atoms with E-state index < -0.39 is 17.7 Å². The molecule has 0 saturated carbocycles. The number of rotatable bonds is 9. The Bertz CT molecular complexity index is 505. The van der Waals surface area contributed by atoms with Crippen molar-refractivity contribution >= 4 is 5.91 Å². The molecule has 6 heteroatoms. The Labute approximate surface area is 141 Å². The van der Waals surface area contributed by atoms with Crippen LogP contribution in [0.5, 0.6) is 0 Å². The molecule has 0 saturated heterocycles. The van der Waals surface area contributed by atoms with Gasteiger partial charge in [0, 0.05) is 18.7 Å². The standard InChI is InChI=1S/C18H26F3NO2/c1-4-5-6-8-11-14(2)22-16(23)17(24-3,18(19,20)21)15-12-9-7-10-13-15/h7,9-10,12-14H,4-6,8,11H2,1-3H3,(H,22,23)/t14?,17-/m0/s1. The van der Waals surface area contributed by atoms with Crippen molar-refractivity contribution in [1.82, 2.24) is 5.32 Å². The van der Waals surface area contributed by atoms with Gasteiger partial charge in [-0.05, 0) is 13.3 Å². The number of unbranched alkanes of at least 4 members (excludes halogenated alkanes) is 3. The van der Waals surface area contributed by atoms with Gasteiger partial charge in [0.25, 0.3) is 11.5 Å². The lowest BCUT2D eigenvalue weighted by atomic mass is 9.91. The van der Waals surface area contributed by atoms with Crippen LogP contribution in [-0.4, -0.2) is 25.2 Å². The Morgan fingerprint density at radius 3 is 2.29 bits per heavy atom. The van der Waals surface area contributed by atoms with E-state index in [4.69, 9.17) is 4.74 Å². The second kappa shape index (κ2) is 9.06. The third kappa shape index (κ3) is 4.72. The number of nitrogens with one attached hydrogen (secondary N) is 1. The molecule has 0 heterocycles. The minimum atomic E-state index is -4.87. The van der Waals surface area contributed by atoms with Gasteiger partial charge in [-0.15, -0.1) is 0 Å². The van der Waals surface area contributed by atoms with Crippen LogP contribution in [0, 0.1) is 0 Å². The predicted molar refractivity (Wildman–Crippen MR) is 87.5 cm³/mol. The number of hydrogen-bond acceptors (Lipinski definition) is 2. The van der Waals surface area contributed by atoms with Crippen LogP contribution < -0.4 is 5.32 Å². The van der Waals surface area contributed by atoms with Gasteiger partial charge in [-0.25, -0.2) is 0 Å². The second-order valence-corrected chi connectivity index (χ2v) is 5.97. The molecule has 1 unspecified atom stereocenters. The Kier molecular flexibility index (Phi) is 7.73. The van der Waals surface area contributed by atoms with Crippen LogP contribution in [-0.2, 0) is 15.1 Å². The lowest BCUT2D eigenvalue weighted by Gasteiger charge is -2.34. The molecule has 0 aliphatic rings. The van der Waals surface area contributed by atoms with Gasteiger partial charge >= 0.3 is 6.18 Å². The summed E-state index contributed by atoms with van der Waals surface area (Å²) < 4.78 is 45.9. The largest absolute Gasteiger partial charge is 0.430 e. The molecule has 3 nitrogen and oxygen atoms in total. The molecule has 2 atom stereocenters. The Balaban J connectivity index is 2.94. The number of carbonyl (C=O) groups is 1. The molecule has 0 spiro atoms. The van der Waals surface area contributed by atoms with Gasteiger partial charge in [-0.3, -0.25) is 4.79 Å². The fraction of sp³-hybridized carbons (Fsp3) is 0.611. The van der Waals surface area contributed by atoms with E-state index in [1.165, 1.54) is 24.3 Å². The summed E-state index contributed by atoms with van der Waals surface area (Å²) in [5.74, 6) is -1.17. The highest BCUT2D eigenvalue weighted by molar-refractivity contribution is 5.87. The van der Waals surface area contributed by atoms with E-state index in [0.717, 1.165) is 32.8 Å². The molecule has 1 amide bonds. The number of methoxy groups -OCH3 is 1. The molecule has 0 fully saturated rings. The summed E-state index contributed by atoms with van der Waals surface area (Å²) in [5.41, 5.74) is -3.22. The minimum absolute atomic E-state index is 0.226. The average Bonchev–Trinajstić information content (AvgIpc) is 2.52. The molecular weight excluding hydrogens is 319 g/mol. The zero-order chi connectivity index (χ0) is 18.2. The van der Waals surface area contributed by atoms with Gasteiger partial charge < -0.3 is 10.1 Å². The molecule has 0 aliphatic heterocycles. The van der Waals surface area contributed by atoms with E-state index in [9.17, 15) is 18.0 Å². The Hall–Kier alpha value is -1.56. The van der Waals surface area contributed by atoms with Crippen molar-refractivity contribution in [3.05, 3.63) is 35.9 Å². The normalized spacial score (nSPS) is 15.6. The number of alkyl halides is 3. The molecule has 136 valence electrons. The molecule has 1 aromatic carbocycles. The smallest absolute Gasteiger partial charge is 0.356 e. The molecule has 1 rings (SSSR count). The van der Waals surface area contributed by atoms with Crippen molar-refractivity contribution in [2.75, 3.05) is 7.11 Å². The first-order valence-electron chi connectivity index (χ1n) is 8.28. The number of halogens is 3. The third-order valence-electron chi connectivity index (χ3n) is 4.07. The monoisotopic (exact) mass is 345 g/mol. The lowest BCUT2D eigenvalue weighted by Crippen LogP contribution is -2.57. The first-order valence-corrected chi connectivity index (χ1v) is 8.28. The van der Waals surface area contributed by atoms with Crippen LogP contribution in [0.4, 0.5) is 13.2 Å². The van der Waals surface area contributed by atoms with Crippen LogP contribution in [0.25, 0.3) is 0 Å². The molecule has 0 radical (unpaired) electrons. The number of ether oxygens (including phenoxy) is 1. The maximum atomic E-state index is 13.7. The SMILES string of the molecule is CCCCCCC(C)NC(=O)[C@@](OC)(c1ccccc1)C(F)(F)F. The fourth-order valence-electron chi connectivity index (χ4n) is 2.70. The summed E-state index contributed by atoms with van der Waals surface area (Å²) in [5, 5.41) is 2.47. The summed E-state index contributed by atoms with van der Waals surface area (Å²) in [4.78, 5) is 12.5. The number of amides is 1. The maximum Gasteiger partial charge on any atom is 0.430 e. The van der Waals surface area contributed by atoms with Gasteiger partial charge in [-0.1, -0.05) is 62.9 Å². The van der Waals surface area contributed by atoms with E-state index in [-0.39, 0.29) is 11.6 Å². The fourth-order valence-corrected chi connectivity index (χ4v) is 2.70. The predicted octanol–water partition coefficient (Wildman–Crippen LogP) is 4.57. The maximum absolute atomic E-state index is 13.7. The zero-order valence-corrected chi connectivity index (χ0v) is 14.5. The molecule has 0 aliphatic carbocycles. The van der Waals surface area contributed by atoms with Gasteiger partial charge in [0.1, 0.15) is 0 Å². The van der Waals surface area contributed by atoms with Crippen molar-refractivity contribution in [2.45, 2.75) is 63.8 Å². The van der Waals surface area contributed by atoms with Gasteiger partial charge in [0.15, 0.2) is 0 Å². The van der Waals surface area contributed by atoms with Crippen molar-refractivity contribution in [3.63, 3.8) is 0 Å². The van der Waals surface area contributed by atoms with E-state index in [2.05, 4.69) is 12.2 Å². The zero-order valence-electron chi connectivity index (χ0n) is 14.5. The highest BCUT2D eigenvalue weighted by Crippen LogP contribution is 2.42. The first-order chi connectivity index (χ1) is 11.3. The molecule has 1 N–H and O–H groups in total. The minimum Gasteiger partial charge on any atom is -0.356 e. The average molecular weight is 345 g/mol. The molecule has 24 heavy (non-hydrogen) atoms. The molecule has 1 aromatic rings. The molecule has 0 aromatic heterocycles.